The number of nitrogens with zero attached hydrogens (tertiary/aromatic N) is 1. The smallest absolute Gasteiger partial charge is 0.109 e. The van der Waals surface area contributed by atoms with Crippen molar-refractivity contribution in [3.8, 4) is 0 Å². The highest BCUT2D eigenvalue weighted by Crippen LogP contribution is 2.26. The summed E-state index contributed by atoms with van der Waals surface area (Å²) < 4.78 is 4.34. The Kier molecular flexibility index (Phi) is 2.18. The molecule has 11 heavy (non-hydrogen) atoms. The van der Waals surface area contributed by atoms with E-state index >= 15 is 0 Å². The van der Waals surface area contributed by atoms with E-state index in [1.54, 1.807) is 0 Å². The van der Waals surface area contributed by atoms with Crippen LogP contribution >= 0.6 is 11.5 Å². The fourth-order valence-electron chi connectivity index (χ4n) is 0.746. The summed E-state index contributed by atoms with van der Waals surface area (Å²) in [4.78, 5) is 0. The third kappa shape index (κ3) is 1.93. The molecule has 3 heteroatoms. The molecule has 0 amide bonds. The van der Waals surface area contributed by atoms with Crippen molar-refractivity contribution < 1.29 is 0 Å². The van der Waals surface area contributed by atoms with Gasteiger partial charge >= 0.3 is 0 Å². The van der Waals surface area contributed by atoms with Crippen molar-refractivity contribution in [2.45, 2.75) is 26.2 Å². The molecular formula is C8H14N2S. The molecule has 1 rings (SSSR count). The molecule has 0 radical (unpaired) electrons. The highest BCUT2D eigenvalue weighted by molar-refractivity contribution is 7.10. The van der Waals surface area contributed by atoms with Gasteiger partial charge in [-0.1, -0.05) is 20.8 Å². The quantitative estimate of drug-likeness (QED) is 0.700. The topological polar surface area (TPSA) is 24.9 Å². The van der Waals surface area contributed by atoms with Gasteiger partial charge in [0, 0.05) is 12.5 Å². The van der Waals surface area contributed by atoms with E-state index in [0.29, 0.717) is 0 Å². The van der Waals surface area contributed by atoms with E-state index in [1.807, 2.05) is 7.05 Å². The molecule has 62 valence electrons. The number of anilines is 1. The minimum Gasteiger partial charge on any atom is -0.379 e. The molecule has 0 bridgehead atoms. The zero-order valence-corrected chi connectivity index (χ0v) is 8.25. The van der Waals surface area contributed by atoms with Gasteiger partial charge in [0.15, 0.2) is 0 Å². The molecule has 1 heterocycles. The zero-order valence-electron chi connectivity index (χ0n) is 7.43. The van der Waals surface area contributed by atoms with Crippen LogP contribution in [0.4, 0.5) is 5.00 Å². The lowest BCUT2D eigenvalue weighted by Crippen LogP contribution is -2.10. The van der Waals surface area contributed by atoms with Gasteiger partial charge in [-0.05, 0) is 17.6 Å². The number of hydrogen-bond acceptors (Lipinski definition) is 3. The fraction of sp³-hybridized carbons (Fsp3) is 0.625. The molecule has 1 N–H and O–H groups in total. The van der Waals surface area contributed by atoms with Crippen molar-refractivity contribution in [2.75, 3.05) is 12.4 Å². The average Bonchev–Trinajstić information content (AvgIpc) is 2.32. The molecule has 2 nitrogen and oxygen atoms in total. The van der Waals surface area contributed by atoms with E-state index in [9.17, 15) is 0 Å². The van der Waals surface area contributed by atoms with Gasteiger partial charge < -0.3 is 5.32 Å². The van der Waals surface area contributed by atoms with Gasteiger partial charge in [-0.3, -0.25) is 0 Å². The molecule has 0 fully saturated rings. The second-order valence-corrected chi connectivity index (χ2v) is 4.38. The molecule has 1 aromatic rings. The molecule has 0 saturated heterocycles. The minimum atomic E-state index is 0.172. The second kappa shape index (κ2) is 2.81. The first-order chi connectivity index (χ1) is 5.04. The summed E-state index contributed by atoms with van der Waals surface area (Å²) in [6.07, 6.45) is 0. The molecule has 0 aliphatic carbocycles. The van der Waals surface area contributed by atoms with Crippen LogP contribution < -0.4 is 5.32 Å². The molecule has 0 atom stereocenters. The normalized spacial score (nSPS) is 11.6. The Bertz CT molecular complexity index is 234. The van der Waals surface area contributed by atoms with E-state index in [0.717, 1.165) is 10.7 Å². The van der Waals surface area contributed by atoms with Gasteiger partial charge in [0.25, 0.3) is 0 Å². The molecule has 0 aromatic carbocycles. The Hall–Kier alpha value is -0.570. The Labute approximate surface area is 71.8 Å². The molecule has 0 spiro atoms. The van der Waals surface area contributed by atoms with E-state index < -0.39 is 0 Å². The Balaban J connectivity index is 2.89. The highest BCUT2D eigenvalue weighted by atomic mass is 32.1. The van der Waals surface area contributed by atoms with E-state index in [1.165, 1.54) is 11.5 Å². The Morgan fingerprint density at radius 1 is 1.45 bits per heavy atom. The van der Waals surface area contributed by atoms with Crippen molar-refractivity contribution >= 4 is 16.5 Å². The van der Waals surface area contributed by atoms with Crippen molar-refractivity contribution in [3.63, 3.8) is 0 Å². The number of hydrogen-bond donors (Lipinski definition) is 1. The lowest BCUT2D eigenvalue weighted by Gasteiger charge is -2.13. The maximum atomic E-state index is 4.34. The van der Waals surface area contributed by atoms with Crippen LogP contribution in [0.15, 0.2) is 6.07 Å². The van der Waals surface area contributed by atoms with Crippen LogP contribution in [0.1, 0.15) is 26.5 Å². The minimum absolute atomic E-state index is 0.172. The second-order valence-electron chi connectivity index (χ2n) is 3.58. The largest absolute Gasteiger partial charge is 0.379 e. The van der Waals surface area contributed by atoms with Crippen molar-refractivity contribution in [1.29, 1.82) is 0 Å². The van der Waals surface area contributed by atoms with Gasteiger partial charge in [0.1, 0.15) is 5.00 Å². The van der Waals surface area contributed by atoms with Gasteiger partial charge in [0.05, 0.1) is 5.69 Å². The Morgan fingerprint density at radius 3 is 2.36 bits per heavy atom. The van der Waals surface area contributed by atoms with Crippen molar-refractivity contribution in [1.82, 2.24) is 4.37 Å². The summed E-state index contributed by atoms with van der Waals surface area (Å²) in [5.41, 5.74) is 1.33. The average molecular weight is 170 g/mol. The first kappa shape index (κ1) is 8.53. The van der Waals surface area contributed by atoms with Crippen LogP contribution in [0.3, 0.4) is 0 Å². The van der Waals surface area contributed by atoms with Crippen LogP contribution in [0.2, 0.25) is 0 Å². The maximum absolute atomic E-state index is 4.34. The highest BCUT2D eigenvalue weighted by Gasteiger charge is 2.16. The first-order valence-electron chi connectivity index (χ1n) is 3.69. The molecule has 0 unspecified atom stereocenters. The van der Waals surface area contributed by atoms with Crippen LogP contribution in [0.5, 0.6) is 0 Å². The number of aromatic nitrogens is 1. The summed E-state index contributed by atoms with van der Waals surface area (Å²) in [5.74, 6) is 0. The van der Waals surface area contributed by atoms with Crippen LogP contribution in [0, 0.1) is 0 Å². The monoisotopic (exact) mass is 170 g/mol. The SMILES string of the molecule is CNc1cc(C(C)(C)C)ns1. The summed E-state index contributed by atoms with van der Waals surface area (Å²) in [6.45, 7) is 6.50. The first-order valence-corrected chi connectivity index (χ1v) is 4.46. The van der Waals surface area contributed by atoms with E-state index in [4.69, 9.17) is 0 Å². The third-order valence-corrected chi connectivity index (χ3v) is 2.33. The lowest BCUT2D eigenvalue weighted by atomic mass is 9.92. The zero-order chi connectivity index (χ0) is 8.48. The van der Waals surface area contributed by atoms with Crippen LogP contribution in [-0.2, 0) is 5.41 Å². The van der Waals surface area contributed by atoms with Gasteiger partial charge in [-0.25, -0.2) is 0 Å². The van der Waals surface area contributed by atoms with Gasteiger partial charge in [-0.15, -0.1) is 0 Å². The lowest BCUT2D eigenvalue weighted by molar-refractivity contribution is 0.576. The standard InChI is InChI=1S/C8H14N2S/c1-8(2,3)6-5-7(9-4)11-10-6/h5,9H,1-4H3. The maximum Gasteiger partial charge on any atom is 0.109 e. The van der Waals surface area contributed by atoms with Crippen molar-refractivity contribution in [3.05, 3.63) is 11.8 Å². The van der Waals surface area contributed by atoms with E-state index in [-0.39, 0.29) is 5.41 Å². The summed E-state index contributed by atoms with van der Waals surface area (Å²) in [5, 5.41) is 4.21. The van der Waals surface area contributed by atoms with Gasteiger partial charge in [0.2, 0.25) is 0 Å². The van der Waals surface area contributed by atoms with Crippen LogP contribution in [0.25, 0.3) is 0 Å². The number of rotatable bonds is 1. The van der Waals surface area contributed by atoms with Crippen LogP contribution in [-0.4, -0.2) is 11.4 Å². The Morgan fingerprint density at radius 2 is 2.09 bits per heavy atom. The van der Waals surface area contributed by atoms with Crippen molar-refractivity contribution in [2.24, 2.45) is 0 Å². The summed E-state index contributed by atoms with van der Waals surface area (Å²) in [6, 6.07) is 2.10. The number of nitrogens with one attached hydrogen (secondary N) is 1. The summed E-state index contributed by atoms with van der Waals surface area (Å²) >= 11 is 1.52. The molecule has 0 aliphatic heterocycles. The fourth-order valence-corrected chi connectivity index (χ4v) is 1.53. The van der Waals surface area contributed by atoms with E-state index in [2.05, 4.69) is 36.5 Å². The molecule has 0 saturated carbocycles. The summed E-state index contributed by atoms with van der Waals surface area (Å²) in [7, 11) is 1.92. The predicted molar refractivity (Wildman–Crippen MR) is 50.4 cm³/mol. The molecule has 0 aliphatic rings. The molecular weight excluding hydrogens is 156 g/mol. The molecule has 1 aromatic heterocycles. The van der Waals surface area contributed by atoms with Gasteiger partial charge in [-0.2, -0.15) is 4.37 Å². The predicted octanol–water partition coefficient (Wildman–Crippen LogP) is 2.48. The third-order valence-electron chi connectivity index (χ3n) is 1.52.